The van der Waals surface area contributed by atoms with Crippen molar-refractivity contribution in [3.8, 4) is 61.3 Å². The van der Waals surface area contributed by atoms with E-state index in [0.717, 1.165) is 39.4 Å². The van der Waals surface area contributed by atoms with Crippen molar-refractivity contribution < 1.29 is 0 Å². The van der Waals surface area contributed by atoms with Gasteiger partial charge >= 0.3 is 0 Å². The van der Waals surface area contributed by atoms with Crippen molar-refractivity contribution in [2.75, 3.05) is 4.90 Å². The van der Waals surface area contributed by atoms with Gasteiger partial charge in [-0.25, -0.2) is 0 Å². The van der Waals surface area contributed by atoms with Crippen LogP contribution in [0.1, 0.15) is 0 Å². The second kappa shape index (κ2) is 17.4. The molecule has 0 fully saturated rings. The van der Waals surface area contributed by atoms with Crippen LogP contribution >= 0.6 is 0 Å². The maximum atomic E-state index is 2.45. The molecule has 0 unspecified atom stereocenters. The maximum absolute atomic E-state index is 2.45. The highest BCUT2D eigenvalue weighted by Gasteiger charge is 2.21. The average Bonchev–Trinajstić information content (AvgIpc) is 3.79. The molecule has 1 aromatic heterocycles. The normalized spacial score (nSPS) is 11.4. The van der Waals surface area contributed by atoms with Gasteiger partial charge < -0.3 is 9.47 Å². The second-order valence-electron chi connectivity index (χ2n) is 18.1. The van der Waals surface area contributed by atoms with Crippen LogP contribution in [0.3, 0.4) is 0 Å². The number of nitrogens with zero attached hydrogens (tertiary/aromatic N) is 2. The standard InChI is InChI=1S/C68H46N2/c1-3-19-47(20-4-1)53-43-54(46-57(45-53)70-66-36-16-14-33-64(66)68-61-30-10-8-24-51(61)39-42-67(68)70)48-37-40-55(41-38-48)69(56-27-17-26-52(44-56)60-34-18-25-50-23-7-9-28-58(50)60)65-35-15-13-32-63(65)62-31-12-11-29-59(62)49-21-5-2-6-22-49/h1-46H. The van der Waals surface area contributed by atoms with E-state index in [1.807, 2.05) is 0 Å². The molecule has 1 heterocycles. The number of fused-ring (bicyclic) bond motifs is 6. The minimum atomic E-state index is 1.07. The van der Waals surface area contributed by atoms with Crippen molar-refractivity contribution in [1.82, 2.24) is 4.57 Å². The molecule has 0 aliphatic carbocycles. The third kappa shape index (κ3) is 7.22. The van der Waals surface area contributed by atoms with Gasteiger partial charge in [0.05, 0.1) is 16.7 Å². The summed E-state index contributed by atoms with van der Waals surface area (Å²) in [5.41, 5.74) is 18.5. The summed E-state index contributed by atoms with van der Waals surface area (Å²) in [7, 11) is 0. The number of anilines is 3. The monoisotopic (exact) mass is 890 g/mol. The fourth-order valence-corrected chi connectivity index (χ4v) is 10.7. The Kier molecular flexibility index (Phi) is 10.2. The zero-order valence-electron chi connectivity index (χ0n) is 38.5. The van der Waals surface area contributed by atoms with E-state index < -0.39 is 0 Å². The van der Waals surface area contributed by atoms with Gasteiger partial charge in [0.2, 0.25) is 0 Å². The lowest BCUT2D eigenvalue weighted by molar-refractivity contribution is 1.18. The van der Waals surface area contributed by atoms with Crippen molar-refractivity contribution in [2.45, 2.75) is 0 Å². The summed E-state index contributed by atoms with van der Waals surface area (Å²) in [4.78, 5) is 2.43. The quantitative estimate of drug-likeness (QED) is 0.140. The minimum Gasteiger partial charge on any atom is -0.310 e. The van der Waals surface area contributed by atoms with Crippen LogP contribution in [0.15, 0.2) is 279 Å². The molecule has 328 valence electrons. The molecule has 0 aliphatic rings. The summed E-state index contributed by atoms with van der Waals surface area (Å²) in [6.07, 6.45) is 0. The SMILES string of the molecule is c1ccc(-c2cc(-c3ccc(N(c4cccc(-c5cccc6ccccc56)c4)c4ccccc4-c4ccccc4-c4ccccc4)cc3)cc(-n3c4ccccc4c4c5ccccc5ccc43)c2)cc1. The van der Waals surface area contributed by atoms with Gasteiger partial charge in [-0.2, -0.15) is 0 Å². The van der Waals surface area contributed by atoms with Crippen LogP contribution in [0, 0.1) is 0 Å². The summed E-state index contributed by atoms with van der Waals surface area (Å²) < 4.78 is 2.45. The number of hydrogen-bond donors (Lipinski definition) is 0. The second-order valence-corrected chi connectivity index (χ2v) is 18.1. The van der Waals surface area contributed by atoms with E-state index in [9.17, 15) is 0 Å². The first-order valence-electron chi connectivity index (χ1n) is 24.1. The largest absolute Gasteiger partial charge is 0.310 e. The van der Waals surface area contributed by atoms with Crippen molar-refractivity contribution in [1.29, 1.82) is 0 Å². The number of aromatic nitrogens is 1. The molecule has 0 aliphatic heterocycles. The van der Waals surface area contributed by atoms with Crippen molar-refractivity contribution in [3.05, 3.63) is 279 Å². The molecular weight excluding hydrogens is 845 g/mol. The van der Waals surface area contributed by atoms with Crippen LogP contribution in [-0.2, 0) is 0 Å². The van der Waals surface area contributed by atoms with Gasteiger partial charge in [0.25, 0.3) is 0 Å². The molecule has 2 heteroatoms. The first-order chi connectivity index (χ1) is 34.7. The molecular formula is C68H46N2. The van der Waals surface area contributed by atoms with E-state index in [0.29, 0.717) is 0 Å². The topological polar surface area (TPSA) is 8.17 Å². The summed E-state index contributed by atoms with van der Waals surface area (Å²) in [6, 6.07) is 102. The molecule has 0 radical (unpaired) electrons. The highest BCUT2D eigenvalue weighted by atomic mass is 15.1. The Hall–Kier alpha value is -9.24. The van der Waals surface area contributed by atoms with Crippen LogP contribution in [0.4, 0.5) is 17.1 Å². The van der Waals surface area contributed by atoms with E-state index in [1.165, 1.54) is 82.3 Å². The molecule has 2 nitrogen and oxygen atoms in total. The number of hydrogen-bond acceptors (Lipinski definition) is 1. The minimum absolute atomic E-state index is 1.07. The summed E-state index contributed by atoms with van der Waals surface area (Å²) in [6.45, 7) is 0. The van der Waals surface area contributed by atoms with Gasteiger partial charge in [0.1, 0.15) is 0 Å². The molecule has 0 atom stereocenters. The Morgan fingerprint density at radius 1 is 0.257 bits per heavy atom. The Balaban J connectivity index is 0.991. The van der Waals surface area contributed by atoms with Crippen LogP contribution in [-0.4, -0.2) is 4.57 Å². The van der Waals surface area contributed by atoms with Crippen LogP contribution in [0.25, 0.3) is 105 Å². The van der Waals surface area contributed by atoms with E-state index >= 15 is 0 Å². The van der Waals surface area contributed by atoms with Crippen LogP contribution in [0.5, 0.6) is 0 Å². The molecule has 13 rings (SSSR count). The molecule has 70 heavy (non-hydrogen) atoms. The average molecular weight is 891 g/mol. The van der Waals surface area contributed by atoms with Crippen molar-refractivity contribution in [3.63, 3.8) is 0 Å². The van der Waals surface area contributed by atoms with E-state index in [2.05, 4.69) is 289 Å². The molecule has 0 saturated carbocycles. The van der Waals surface area contributed by atoms with E-state index in [-0.39, 0.29) is 0 Å². The Morgan fingerprint density at radius 2 is 0.800 bits per heavy atom. The molecule has 12 aromatic carbocycles. The zero-order chi connectivity index (χ0) is 46.4. The lowest BCUT2D eigenvalue weighted by atomic mass is 9.92. The maximum Gasteiger partial charge on any atom is 0.0547 e. The zero-order valence-corrected chi connectivity index (χ0v) is 38.5. The first kappa shape index (κ1) is 41.0. The number of rotatable bonds is 9. The predicted molar refractivity (Wildman–Crippen MR) is 298 cm³/mol. The summed E-state index contributed by atoms with van der Waals surface area (Å²) in [5, 5.41) is 7.51. The van der Waals surface area contributed by atoms with E-state index in [4.69, 9.17) is 0 Å². The van der Waals surface area contributed by atoms with Crippen LogP contribution in [0.2, 0.25) is 0 Å². The first-order valence-corrected chi connectivity index (χ1v) is 24.1. The lowest BCUT2D eigenvalue weighted by Crippen LogP contribution is -2.11. The lowest BCUT2D eigenvalue weighted by Gasteiger charge is -2.29. The fraction of sp³-hybridized carbons (Fsp3) is 0. The Bertz CT molecular complexity index is 4050. The Morgan fingerprint density at radius 3 is 1.57 bits per heavy atom. The summed E-state index contributed by atoms with van der Waals surface area (Å²) in [5.74, 6) is 0. The smallest absolute Gasteiger partial charge is 0.0547 e. The third-order valence-electron chi connectivity index (χ3n) is 14.0. The van der Waals surface area contributed by atoms with Gasteiger partial charge in [-0.15, -0.1) is 0 Å². The van der Waals surface area contributed by atoms with Crippen molar-refractivity contribution >= 4 is 60.4 Å². The molecule has 0 spiro atoms. The fourth-order valence-electron chi connectivity index (χ4n) is 10.7. The van der Waals surface area contributed by atoms with Gasteiger partial charge in [0, 0.05) is 33.4 Å². The number of benzene rings is 12. The van der Waals surface area contributed by atoms with Gasteiger partial charge in [0.15, 0.2) is 0 Å². The predicted octanol–water partition coefficient (Wildman–Crippen LogP) is 18.9. The molecule has 13 aromatic rings. The molecule has 0 amide bonds. The highest BCUT2D eigenvalue weighted by molar-refractivity contribution is 6.21. The van der Waals surface area contributed by atoms with Gasteiger partial charge in [-0.1, -0.05) is 218 Å². The highest BCUT2D eigenvalue weighted by Crippen LogP contribution is 2.46. The third-order valence-corrected chi connectivity index (χ3v) is 14.0. The van der Waals surface area contributed by atoms with Crippen molar-refractivity contribution in [2.24, 2.45) is 0 Å². The van der Waals surface area contributed by atoms with Gasteiger partial charge in [-0.3, -0.25) is 0 Å². The number of para-hydroxylation sites is 2. The molecule has 0 saturated heterocycles. The van der Waals surface area contributed by atoms with Gasteiger partial charge in [-0.05, 0) is 132 Å². The molecule has 0 bridgehead atoms. The summed E-state index contributed by atoms with van der Waals surface area (Å²) >= 11 is 0. The Labute approximate surface area is 408 Å². The molecule has 0 N–H and O–H groups in total. The van der Waals surface area contributed by atoms with Crippen LogP contribution < -0.4 is 4.90 Å². The van der Waals surface area contributed by atoms with E-state index in [1.54, 1.807) is 0 Å².